The number of aliphatic hydroxyl groups excluding tert-OH is 1. The summed E-state index contributed by atoms with van der Waals surface area (Å²) in [5.74, 6) is -0.177. The van der Waals surface area contributed by atoms with Crippen LogP contribution < -0.4 is 15.4 Å². The number of hydrogen-bond donors (Lipinski definition) is 3. The first-order valence-electron chi connectivity index (χ1n) is 15.2. The zero-order valence-corrected chi connectivity index (χ0v) is 26.3. The number of likely N-dealkylation sites (N-methyl/N-ethyl adjacent to an activating group) is 1. The third kappa shape index (κ3) is 9.96. The Morgan fingerprint density at radius 3 is 2.49 bits per heavy atom. The van der Waals surface area contributed by atoms with Gasteiger partial charge in [0.1, 0.15) is 5.75 Å². The molecule has 10 heteroatoms. The van der Waals surface area contributed by atoms with Crippen LogP contribution in [0.4, 0.5) is 10.5 Å². The fourth-order valence-corrected chi connectivity index (χ4v) is 5.05. The molecule has 3 rings (SSSR count). The maximum Gasteiger partial charge on any atom is 0.319 e. The number of carbonyl (C=O) groups is 3. The molecule has 4 amide bonds. The van der Waals surface area contributed by atoms with Crippen molar-refractivity contribution in [3.63, 3.8) is 0 Å². The lowest BCUT2D eigenvalue weighted by Crippen LogP contribution is -2.48. The first-order valence-corrected chi connectivity index (χ1v) is 15.2. The summed E-state index contributed by atoms with van der Waals surface area (Å²) < 4.78 is 12.6. The molecule has 3 N–H and O–H groups in total. The monoisotopic (exact) mass is 596 g/mol. The SMILES string of the molecule is CC(C)NC(=O)Nc1ccc2c(c1)C(=O)N([C@H](C)CO)C[C@H](C)[C@H](CN(C)C(=O)c1ccccc1)OCCCC[C@@H](C)O2. The van der Waals surface area contributed by atoms with Crippen molar-refractivity contribution in [2.24, 2.45) is 5.92 Å². The van der Waals surface area contributed by atoms with Crippen molar-refractivity contribution in [1.82, 2.24) is 15.1 Å². The number of aliphatic hydroxyl groups is 1. The molecule has 236 valence electrons. The number of carbonyl (C=O) groups excluding carboxylic acids is 3. The third-order valence-electron chi connectivity index (χ3n) is 7.55. The van der Waals surface area contributed by atoms with Gasteiger partial charge < -0.3 is 35.0 Å². The van der Waals surface area contributed by atoms with Gasteiger partial charge >= 0.3 is 6.03 Å². The van der Waals surface area contributed by atoms with Crippen molar-refractivity contribution in [2.75, 3.05) is 38.7 Å². The number of ether oxygens (including phenoxy) is 2. The Morgan fingerprint density at radius 1 is 1.09 bits per heavy atom. The zero-order valence-electron chi connectivity index (χ0n) is 26.3. The van der Waals surface area contributed by atoms with Gasteiger partial charge in [-0.2, -0.15) is 0 Å². The highest BCUT2D eigenvalue weighted by molar-refractivity contribution is 5.99. The van der Waals surface area contributed by atoms with Gasteiger partial charge in [0.2, 0.25) is 0 Å². The van der Waals surface area contributed by atoms with Crippen molar-refractivity contribution in [2.45, 2.75) is 78.2 Å². The average molecular weight is 597 g/mol. The highest BCUT2D eigenvalue weighted by Gasteiger charge is 2.31. The van der Waals surface area contributed by atoms with Gasteiger partial charge in [0, 0.05) is 50.0 Å². The van der Waals surface area contributed by atoms with Gasteiger partial charge in [-0.05, 0) is 77.3 Å². The van der Waals surface area contributed by atoms with E-state index in [1.165, 1.54) is 0 Å². The molecular formula is C33H48N4O6. The van der Waals surface area contributed by atoms with Gasteiger partial charge in [0.25, 0.3) is 11.8 Å². The molecule has 0 fully saturated rings. The Hall–Kier alpha value is -3.63. The molecule has 4 atom stereocenters. The predicted octanol–water partition coefficient (Wildman–Crippen LogP) is 4.78. The van der Waals surface area contributed by atoms with Crippen LogP contribution in [0, 0.1) is 5.92 Å². The van der Waals surface area contributed by atoms with Gasteiger partial charge in [-0.15, -0.1) is 0 Å². The number of amides is 4. The fourth-order valence-electron chi connectivity index (χ4n) is 5.05. The number of nitrogens with one attached hydrogen (secondary N) is 2. The molecule has 0 radical (unpaired) electrons. The normalized spacial score (nSPS) is 20.8. The Kier molecular flexibility index (Phi) is 12.8. The molecule has 0 spiro atoms. The Labute approximate surface area is 255 Å². The summed E-state index contributed by atoms with van der Waals surface area (Å²) in [6, 6.07) is 13.2. The number of benzene rings is 2. The number of nitrogens with zero attached hydrogens (tertiary/aromatic N) is 2. The average Bonchev–Trinajstić information content (AvgIpc) is 2.98. The minimum Gasteiger partial charge on any atom is -0.490 e. The molecular weight excluding hydrogens is 548 g/mol. The molecule has 0 bridgehead atoms. The highest BCUT2D eigenvalue weighted by atomic mass is 16.5. The number of anilines is 1. The maximum atomic E-state index is 14.2. The molecule has 0 saturated carbocycles. The lowest BCUT2D eigenvalue weighted by molar-refractivity contribution is -0.0149. The first-order chi connectivity index (χ1) is 20.5. The van der Waals surface area contributed by atoms with Crippen molar-refractivity contribution in [3.05, 3.63) is 59.7 Å². The van der Waals surface area contributed by atoms with E-state index in [0.29, 0.717) is 35.7 Å². The minimum atomic E-state index is -0.502. The first kappa shape index (κ1) is 33.9. The van der Waals surface area contributed by atoms with Gasteiger partial charge in [-0.1, -0.05) is 25.1 Å². The van der Waals surface area contributed by atoms with E-state index < -0.39 is 6.04 Å². The molecule has 43 heavy (non-hydrogen) atoms. The van der Waals surface area contributed by atoms with Crippen molar-refractivity contribution >= 4 is 23.5 Å². The lowest BCUT2D eigenvalue weighted by atomic mass is 10.0. The summed E-state index contributed by atoms with van der Waals surface area (Å²) in [5.41, 5.74) is 1.35. The number of urea groups is 1. The molecule has 0 unspecified atom stereocenters. The lowest BCUT2D eigenvalue weighted by Gasteiger charge is -2.36. The minimum absolute atomic E-state index is 0.0531. The van der Waals surface area contributed by atoms with E-state index in [2.05, 4.69) is 10.6 Å². The van der Waals surface area contributed by atoms with E-state index in [0.717, 1.165) is 19.3 Å². The second-order valence-corrected chi connectivity index (χ2v) is 11.8. The Morgan fingerprint density at radius 2 is 1.81 bits per heavy atom. The molecule has 1 aliphatic rings. The van der Waals surface area contributed by atoms with Crippen molar-refractivity contribution in [3.8, 4) is 5.75 Å². The predicted molar refractivity (Wildman–Crippen MR) is 168 cm³/mol. The summed E-state index contributed by atoms with van der Waals surface area (Å²) in [6.45, 7) is 10.4. The zero-order chi connectivity index (χ0) is 31.5. The van der Waals surface area contributed by atoms with E-state index >= 15 is 0 Å². The standard InChI is InChI=1S/C33H48N4O6/c1-22(2)34-33(41)35-27-15-16-29-28(18-27)32(40)37(24(4)21-38)19-23(3)30(42-17-11-10-12-25(5)43-29)20-36(6)31(39)26-13-8-7-9-14-26/h7-9,13-16,18,22-25,30,38H,10-12,17,19-21H2,1-6H3,(H2,34,35,41)/t23-,24+,25+,30-/m0/s1. The van der Waals surface area contributed by atoms with Gasteiger partial charge in [-0.25, -0.2) is 4.79 Å². The van der Waals surface area contributed by atoms with Crippen LogP contribution >= 0.6 is 0 Å². The molecule has 0 saturated heterocycles. The molecule has 0 aliphatic carbocycles. The number of rotatable bonds is 7. The molecule has 2 aromatic rings. The molecule has 0 aromatic heterocycles. The summed E-state index contributed by atoms with van der Waals surface area (Å²) in [7, 11) is 1.76. The van der Waals surface area contributed by atoms with Crippen LogP contribution in [0.5, 0.6) is 5.75 Å². The summed E-state index contributed by atoms with van der Waals surface area (Å²) in [5, 5.41) is 15.7. The quantitative estimate of drug-likeness (QED) is 0.423. The summed E-state index contributed by atoms with van der Waals surface area (Å²) in [6.07, 6.45) is 1.95. The fraction of sp³-hybridized carbons (Fsp3) is 0.545. The van der Waals surface area contributed by atoms with E-state index in [1.54, 1.807) is 54.1 Å². The van der Waals surface area contributed by atoms with Crippen LogP contribution in [0.2, 0.25) is 0 Å². The second kappa shape index (κ2) is 16.3. The maximum absolute atomic E-state index is 14.2. The number of fused-ring (bicyclic) bond motifs is 1. The van der Waals surface area contributed by atoms with E-state index in [-0.39, 0.29) is 55.2 Å². The molecule has 1 aliphatic heterocycles. The van der Waals surface area contributed by atoms with Crippen LogP contribution in [0.25, 0.3) is 0 Å². The van der Waals surface area contributed by atoms with E-state index in [1.807, 2.05) is 45.9 Å². The van der Waals surface area contributed by atoms with Gasteiger partial charge in [0.15, 0.2) is 0 Å². The van der Waals surface area contributed by atoms with Crippen LogP contribution in [0.15, 0.2) is 48.5 Å². The summed E-state index contributed by atoms with van der Waals surface area (Å²) >= 11 is 0. The number of hydrogen-bond acceptors (Lipinski definition) is 6. The third-order valence-corrected chi connectivity index (χ3v) is 7.55. The van der Waals surface area contributed by atoms with Crippen LogP contribution in [-0.4, -0.2) is 90.4 Å². The molecule has 10 nitrogen and oxygen atoms in total. The van der Waals surface area contributed by atoms with Crippen LogP contribution in [0.3, 0.4) is 0 Å². The van der Waals surface area contributed by atoms with Crippen LogP contribution in [-0.2, 0) is 4.74 Å². The van der Waals surface area contributed by atoms with E-state index in [4.69, 9.17) is 9.47 Å². The Bertz CT molecular complexity index is 1210. The molecule has 1 heterocycles. The summed E-state index contributed by atoms with van der Waals surface area (Å²) in [4.78, 5) is 43.0. The van der Waals surface area contributed by atoms with E-state index in [9.17, 15) is 19.5 Å². The highest BCUT2D eigenvalue weighted by Crippen LogP contribution is 2.28. The van der Waals surface area contributed by atoms with Gasteiger partial charge in [0.05, 0.1) is 30.4 Å². The van der Waals surface area contributed by atoms with Gasteiger partial charge in [-0.3, -0.25) is 9.59 Å². The largest absolute Gasteiger partial charge is 0.490 e. The Balaban J connectivity index is 1.93. The topological polar surface area (TPSA) is 120 Å². The van der Waals surface area contributed by atoms with Crippen LogP contribution in [0.1, 0.15) is 74.6 Å². The second-order valence-electron chi connectivity index (χ2n) is 11.8. The molecule has 2 aromatic carbocycles. The van der Waals surface area contributed by atoms with Crippen molar-refractivity contribution < 1.29 is 29.0 Å². The van der Waals surface area contributed by atoms with Crippen molar-refractivity contribution in [1.29, 1.82) is 0 Å². The smallest absolute Gasteiger partial charge is 0.319 e.